The monoisotopic (exact) mass is 404 g/mol. The zero-order valence-corrected chi connectivity index (χ0v) is 15.6. The van der Waals surface area contributed by atoms with Crippen molar-refractivity contribution in [1.82, 2.24) is 4.31 Å². The summed E-state index contributed by atoms with van der Waals surface area (Å²) in [7, 11) is -3.68. The van der Waals surface area contributed by atoms with Crippen molar-refractivity contribution >= 4 is 55.8 Å². The van der Waals surface area contributed by atoms with E-state index < -0.39 is 10.0 Å². The molecule has 1 aliphatic heterocycles. The summed E-state index contributed by atoms with van der Waals surface area (Å²) >= 11 is 13.3. The fourth-order valence-corrected chi connectivity index (χ4v) is 5.57. The Labute approximate surface area is 154 Å². The van der Waals surface area contributed by atoms with Crippen LogP contribution in [0.15, 0.2) is 35.2 Å². The average Bonchev–Trinajstić information content (AvgIpc) is 3.06. The van der Waals surface area contributed by atoms with Crippen molar-refractivity contribution in [3.63, 3.8) is 0 Å². The first kappa shape index (κ1) is 17.7. The van der Waals surface area contributed by atoms with Gasteiger partial charge in [0.15, 0.2) is 6.29 Å². The van der Waals surface area contributed by atoms with Crippen LogP contribution in [0.4, 0.5) is 5.00 Å². The fraction of sp³-hybridized carbons (Fsp3) is 0.267. The predicted octanol–water partition coefficient (Wildman–Crippen LogP) is 3.38. The maximum Gasteiger partial charge on any atom is 0.244 e. The van der Waals surface area contributed by atoms with E-state index in [2.05, 4.69) is 4.90 Å². The molecule has 0 amide bonds. The highest BCUT2D eigenvalue weighted by Crippen LogP contribution is 2.30. The number of sulfonamides is 1. The summed E-state index contributed by atoms with van der Waals surface area (Å²) in [5, 5.41) is 1.46. The molecular formula is C15H14Cl2N2O3S2. The van der Waals surface area contributed by atoms with Crippen molar-refractivity contribution in [3.05, 3.63) is 45.3 Å². The molecule has 0 unspecified atom stereocenters. The Morgan fingerprint density at radius 2 is 1.75 bits per heavy atom. The van der Waals surface area contributed by atoms with Gasteiger partial charge in [-0.1, -0.05) is 23.2 Å². The van der Waals surface area contributed by atoms with E-state index in [-0.39, 0.29) is 9.92 Å². The molecule has 0 saturated carbocycles. The van der Waals surface area contributed by atoms with Crippen molar-refractivity contribution < 1.29 is 13.2 Å². The van der Waals surface area contributed by atoms with Crippen LogP contribution in [-0.4, -0.2) is 45.2 Å². The molecule has 0 spiro atoms. The first-order valence-electron chi connectivity index (χ1n) is 7.17. The third kappa shape index (κ3) is 3.45. The number of hydrogen-bond acceptors (Lipinski definition) is 5. The van der Waals surface area contributed by atoms with Crippen LogP contribution in [0.1, 0.15) is 9.67 Å². The number of thiophene rings is 1. The highest BCUT2D eigenvalue weighted by atomic mass is 35.5. The standard InChI is InChI=1S/C15H14Cl2N2O3S2/c16-11-1-3-13(17)14(9-11)24(21,22)19-7-5-18(6-8-19)15-4-2-12(10-20)23-15/h1-4,9-10H,5-8H2. The lowest BCUT2D eigenvalue weighted by atomic mass is 10.3. The normalized spacial score (nSPS) is 16.3. The Balaban J connectivity index is 1.76. The van der Waals surface area contributed by atoms with Crippen LogP contribution >= 0.6 is 34.5 Å². The molecule has 0 atom stereocenters. The molecular weight excluding hydrogens is 391 g/mol. The summed E-state index contributed by atoms with van der Waals surface area (Å²) in [5.74, 6) is 0. The zero-order valence-electron chi connectivity index (χ0n) is 12.5. The number of rotatable bonds is 4. The molecule has 1 saturated heterocycles. The third-order valence-corrected chi connectivity index (χ3v) is 7.48. The largest absolute Gasteiger partial charge is 0.361 e. The Morgan fingerprint density at radius 3 is 2.38 bits per heavy atom. The Bertz CT molecular complexity index is 859. The van der Waals surface area contributed by atoms with E-state index in [1.807, 2.05) is 6.07 Å². The molecule has 1 fully saturated rings. The van der Waals surface area contributed by atoms with Gasteiger partial charge in [-0.15, -0.1) is 11.3 Å². The minimum Gasteiger partial charge on any atom is -0.361 e. The molecule has 1 aromatic heterocycles. The van der Waals surface area contributed by atoms with Crippen molar-refractivity contribution in [2.75, 3.05) is 31.1 Å². The molecule has 5 nitrogen and oxygen atoms in total. The molecule has 1 aliphatic rings. The van der Waals surface area contributed by atoms with E-state index in [0.29, 0.717) is 36.1 Å². The number of nitrogens with zero attached hydrogens (tertiary/aromatic N) is 2. The Morgan fingerprint density at radius 1 is 1.04 bits per heavy atom. The van der Waals surface area contributed by atoms with Crippen LogP contribution in [0, 0.1) is 0 Å². The smallest absolute Gasteiger partial charge is 0.244 e. The first-order valence-corrected chi connectivity index (χ1v) is 10.2. The van der Waals surface area contributed by atoms with Gasteiger partial charge in [-0.3, -0.25) is 4.79 Å². The molecule has 1 aromatic carbocycles. The number of aldehydes is 1. The van der Waals surface area contributed by atoms with Gasteiger partial charge in [0.2, 0.25) is 10.0 Å². The van der Waals surface area contributed by atoms with Crippen LogP contribution in [-0.2, 0) is 10.0 Å². The predicted molar refractivity (Wildman–Crippen MR) is 97.1 cm³/mol. The fourth-order valence-electron chi connectivity index (χ4n) is 2.54. The highest BCUT2D eigenvalue weighted by molar-refractivity contribution is 7.89. The third-order valence-electron chi connectivity index (χ3n) is 3.79. The minimum atomic E-state index is -3.68. The summed E-state index contributed by atoms with van der Waals surface area (Å²) < 4.78 is 27.0. The van der Waals surface area contributed by atoms with Gasteiger partial charge in [-0.25, -0.2) is 8.42 Å². The summed E-state index contributed by atoms with van der Waals surface area (Å²) in [6.07, 6.45) is 0.815. The minimum absolute atomic E-state index is 0.0319. The van der Waals surface area contributed by atoms with Crippen molar-refractivity contribution in [2.24, 2.45) is 0 Å². The van der Waals surface area contributed by atoms with Crippen molar-refractivity contribution in [2.45, 2.75) is 4.90 Å². The van der Waals surface area contributed by atoms with Gasteiger partial charge in [-0.2, -0.15) is 4.31 Å². The maximum atomic E-state index is 12.8. The van der Waals surface area contributed by atoms with E-state index in [0.717, 1.165) is 11.3 Å². The Hall–Kier alpha value is -1.12. The van der Waals surface area contributed by atoms with Crippen molar-refractivity contribution in [3.8, 4) is 0 Å². The molecule has 0 radical (unpaired) electrons. The number of carbonyl (C=O) groups is 1. The molecule has 2 aromatic rings. The topological polar surface area (TPSA) is 57.7 Å². The van der Waals surface area contributed by atoms with Gasteiger partial charge in [0, 0.05) is 31.2 Å². The van der Waals surface area contributed by atoms with Gasteiger partial charge in [0.1, 0.15) is 4.90 Å². The lowest BCUT2D eigenvalue weighted by Crippen LogP contribution is -2.48. The second kappa shape index (κ2) is 7.01. The molecule has 0 bridgehead atoms. The van der Waals surface area contributed by atoms with Gasteiger partial charge in [-0.05, 0) is 30.3 Å². The van der Waals surface area contributed by atoms with Crippen LogP contribution in [0.5, 0.6) is 0 Å². The van der Waals surface area contributed by atoms with E-state index in [9.17, 15) is 13.2 Å². The second-order valence-corrected chi connectivity index (χ2v) is 9.10. The second-order valence-electron chi connectivity index (χ2n) is 5.26. The van der Waals surface area contributed by atoms with Gasteiger partial charge in [0.05, 0.1) is 14.9 Å². The average molecular weight is 405 g/mol. The van der Waals surface area contributed by atoms with Crippen LogP contribution in [0.25, 0.3) is 0 Å². The highest BCUT2D eigenvalue weighted by Gasteiger charge is 2.30. The first-order chi connectivity index (χ1) is 11.4. The van der Waals surface area contributed by atoms with Crippen LogP contribution in [0.2, 0.25) is 10.0 Å². The lowest BCUT2D eigenvalue weighted by molar-refractivity contribution is 0.112. The molecule has 24 heavy (non-hydrogen) atoms. The molecule has 3 rings (SSSR count). The van der Waals surface area contributed by atoms with E-state index in [4.69, 9.17) is 23.2 Å². The van der Waals surface area contributed by atoms with E-state index in [1.165, 1.54) is 27.8 Å². The summed E-state index contributed by atoms with van der Waals surface area (Å²) in [5.41, 5.74) is 0. The van der Waals surface area contributed by atoms with Gasteiger partial charge < -0.3 is 4.90 Å². The van der Waals surface area contributed by atoms with Crippen LogP contribution in [0.3, 0.4) is 0 Å². The van der Waals surface area contributed by atoms with Gasteiger partial charge >= 0.3 is 0 Å². The zero-order chi connectivity index (χ0) is 17.3. The molecule has 2 heterocycles. The SMILES string of the molecule is O=Cc1ccc(N2CCN(S(=O)(=O)c3cc(Cl)ccc3Cl)CC2)s1. The molecule has 0 aliphatic carbocycles. The number of piperazine rings is 1. The van der Waals surface area contributed by atoms with E-state index >= 15 is 0 Å². The number of carbonyl (C=O) groups excluding carboxylic acids is 1. The maximum absolute atomic E-state index is 12.8. The summed E-state index contributed by atoms with van der Waals surface area (Å²) in [4.78, 5) is 13.5. The number of anilines is 1. The molecule has 0 N–H and O–H groups in total. The number of benzene rings is 1. The molecule has 128 valence electrons. The lowest BCUT2D eigenvalue weighted by Gasteiger charge is -2.34. The number of halogens is 2. The summed E-state index contributed by atoms with van der Waals surface area (Å²) in [6, 6.07) is 8.07. The van der Waals surface area contributed by atoms with Crippen molar-refractivity contribution in [1.29, 1.82) is 0 Å². The molecule has 9 heteroatoms. The van der Waals surface area contributed by atoms with E-state index in [1.54, 1.807) is 12.1 Å². The van der Waals surface area contributed by atoms with Crippen LogP contribution < -0.4 is 4.90 Å². The number of hydrogen-bond donors (Lipinski definition) is 0. The quantitative estimate of drug-likeness (QED) is 0.732. The van der Waals surface area contributed by atoms with Gasteiger partial charge in [0.25, 0.3) is 0 Å². The summed E-state index contributed by atoms with van der Waals surface area (Å²) in [6.45, 7) is 1.80. The Kier molecular flexibility index (Phi) is 5.17.